The first-order chi connectivity index (χ1) is 11.7. The number of carbonyl (C=O) groups is 1. The lowest BCUT2D eigenvalue weighted by Crippen LogP contribution is -2.60. The van der Waals surface area contributed by atoms with Gasteiger partial charge in [-0.05, 0) is 31.0 Å². The van der Waals surface area contributed by atoms with Crippen LogP contribution in [0.15, 0.2) is 41.3 Å². The van der Waals surface area contributed by atoms with Crippen molar-refractivity contribution in [1.82, 2.24) is 9.88 Å². The normalized spacial score (nSPS) is 21.9. The molecule has 0 N–H and O–H groups in total. The van der Waals surface area contributed by atoms with Crippen molar-refractivity contribution in [2.75, 3.05) is 18.8 Å². The van der Waals surface area contributed by atoms with Gasteiger partial charge in [0.25, 0.3) is 5.91 Å². The minimum Gasteiger partial charge on any atom is -0.459 e. The van der Waals surface area contributed by atoms with Crippen LogP contribution in [0.4, 0.5) is 0 Å². The molecular weight excluding hydrogens is 324 g/mol. The van der Waals surface area contributed by atoms with Crippen molar-refractivity contribution in [3.63, 3.8) is 0 Å². The van der Waals surface area contributed by atoms with Gasteiger partial charge in [0.2, 0.25) is 0 Å². The Kier molecular flexibility index (Phi) is 4.10. The summed E-state index contributed by atoms with van der Waals surface area (Å²) in [4.78, 5) is 18.4. The third-order valence-corrected chi connectivity index (χ3v) is 6.26. The summed E-state index contributed by atoms with van der Waals surface area (Å²) in [5.74, 6) is 1.46. The highest BCUT2D eigenvalue weighted by Crippen LogP contribution is 2.46. The van der Waals surface area contributed by atoms with Gasteiger partial charge in [-0.25, -0.2) is 0 Å². The van der Waals surface area contributed by atoms with Crippen LogP contribution in [0.3, 0.4) is 0 Å². The average Bonchev–Trinajstić information content (AvgIpc) is 3.18. The molecular formula is C18H20N2O3S. The Hall–Kier alpha value is -1.79. The zero-order chi connectivity index (χ0) is 16.6. The fraction of sp³-hybridized carbons (Fsp3) is 0.444. The average molecular weight is 344 g/mol. The summed E-state index contributed by atoms with van der Waals surface area (Å²) in [6.45, 7) is 4.06. The smallest absolute Gasteiger partial charge is 0.289 e. The van der Waals surface area contributed by atoms with E-state index in [1.165, 1.54) is 0 Å². The fourth-order valence-electron chi connectivity index (χ4n) is 3.36. The number of hydrogen-bond donors (Lipinski definition) is 0. The Morgan fingerprint density at radius 2 is 2.38 bits per heavy atom. The zero-order valence-corrected chi connectivity index (χ0v) is 14.4. The highest BCUT2D eigenvalue weighted by Gasteiger charge is 2.51. The second-order valence-corrected chi connectivity index (χ2v) is 8.07. The Labute approximate surface area is 145 Å². The number of aryl methyl sites for hydroxylation is 1. The molecule has 2 saturated heterocycles. The van der Waals surface area contributed by atoms with Crippen molar-refractivity contribution in [2.24, 2.45) is 0 Å². The van der Waals surface area contributed by atoms with Gasteiger partial charge >= 0.3 is 0 Å². The van der Waals surface area contributed by atoms with E-state index in [0.717, 1.165) is 36.4 Å². The van der Waals surface area contributed by atoms with Crippen LogP contribution in [0.2, 0.25) is 0 Å². The Balaban J connectivity index is 1.29. The van der Waals surface area contributed by atoms with Gasteiger partial charge in [0, 0.05) is 36.8 Å². The minimum absolute atomic E-state index is 0.00320. The first kappa shape index (κ1) is 15.7. The van der Waals surface area contributed by atoms with Crippen molar-refractivity contribution in [2.45, 2.75) is 30.8 Å². The molecule has 0 aromatic carbocycles. The van der Waals surface area contributed by atoms with E-state index in [2.05, 4.69) is 4.98 Å². The molecule has 2 aliphatic rings. The molecule has 1 atom stereocenters. The second kappa shape index (κ2) is 6.26. The number of aromatic nitrogens is 1. The standard InChI is InChI=1S/C18H20N2O3S/c1-13-4-6-22-16(13)17(21)20-11-18(12-20)7-15(10-24-18)23-9-14-3-2-5-19-8-14/h2-6,8,15H,7,9-12H2,1H3. The van der Waals surface area contributed by atoms with Crippen molar-refractivity contribution in [1.29, 1.82) is 0 Å². The number of thioether (sulfide) groups is 1. The van der Waals surface area contributed by atoms with Gasteiger partial charge in [0.15, 0.2) is 5.76 Å². The highest BCUT2D eigenvalue weighted by molar-refractivity contribution is 8.01. The van der Waals surface area contributed by atoms with Crippen LogP contribution in [0, 0.1) is 6.92 Å². The number of rotatable bonds is 4. The van der Waals surface area contributed by atoms with Gasteiger partial charge in [0.1, 0.15) is 0 Å². The monoisotopic (exact) mass is 344 g/mol. The number of nitrogens with zero attached hydrogens (tertiary/aromatic N) is 2. The lowest BCUT2D eigenvalue weighted by atomic mass is 9.92. The molecule has 24 heavy (non-hydrogen) atoms. The molecule has 1 spiro atoms. The third-order valence-electron chi connectivity index (χ3n) is 4.69. The van der Waals surface area contributed by atoms with Crippen LogP contribution < -0.4 is 0 Å². The Morgan fingerprint density at radius 3 is 3.08 bits per heavy atom. The van der Waals surface area contributed by atoms with Gasteiger partial charge in [0.05, 0.1) is 23.7 Å². The van der Waals surface area contributed by atoms with Crippen molar-refractivity contribution < 1.29 is 13.9 Å². The highest BCUT2D eigenvalue weighted by atomic mass is 32.2. The first-order valence-corrected chi connectivity index (χ1v) is 9.12. The number of likely N-dealkylation sites (tertiary alicyclic amines) is 1. The molecule has 0 bridgehead atoms. The van der Waals surface area contributed by atoms with Gasteiger partial charge < -0.3 is 14.1 Å². The summed E-state index contributed by atoms with van der Waals surface area (Å²) in [5.41, 5.74) is 2.00. The topological polar surface area (TPSA) is 55.6 Å². The SMILES string of the molecule is Cc1ccoc1C(=O)N1CC2(CC(OCc3cccnc3)CS2)C1. The van der Waals surface area contributed by atoms with E-state index in [9.17, 15) is 4.79 Å². The second-order valence-electron chi connectivity index (χ2n) is 6.59. The predicted octanol–water partition coefficient (Wildman–Crippen LogP) is 2.90. The summed E-state index contributed by atoms with van der Waals surface area (Å²) in [7, 11) is 0. The van der Waals surface area contributed by atoms with Gasteiger partial charge in [-0.2, -0.15) is 0 Å². The zero-order valence-electron chi connectivity index (χ0n) is 13.6. The number of pyridine rings is 1. The Morgan fingerprint density at radius 1 is 1.50 bits per heavy atom. The molecule has 1 amide bonds. The number of carbonyl (C=O) groups excluding carboxylic acids is 1. The van der Waals surface area contributed by atoms with Crippen LogP contribution >= 0.6 is 11.8 Å². The maximum atomic E-state index is 12.4. The van der Waals surface area contributed by atoms with Gasteiger partial charge in [-0.1, -0.05) is 6.07 Å². The van der Waals surface area contributed by atoms with Gasteiger partial charge in [-0.3, -0.25) is 9.78 Å². The van der Waals surface area contributed by atoms with E-state index in [0.29, 0.717) is 12.4 Å². The number of hydrogen-bond acceptors (Lipinski definition) is 5. The maximum absolute atomic E-state index is 12.4. The fourth-order valence-corrected chi connectivity index (χ4v) is 4.91. The van der Waals surface area contributed by atoms with Crippen LogP contribution in [0.1, 0.15) is 28.1 Å². The molecule has 4 heterocycles. The van der Waals surface area contributed by atoms with Gasteiger partial charge in [-0.15, -0.1) is 11.8 Å². The molecule has 126 valence electrons. The van der Waals surface area contributed by atoms with E-state index in [1.54, 1.807) is 12.5 Å². The van der Waals surface area contributed by atoms with Crippen molar-refractivity contribution in [3.8, 4) is 0 Å². The van der Waals surface area contributed by atoms with E-state index in [1.807, 2.05) is 48.0 Å². The molecule has 1 unspecified atom stereocenters. The molecule has 0 aliphatic carbocycles. The Bertz CT molecular complexity index is 725. The van der Waals surface area contributed by atoms with Crippen LogP contribution in [-0.4, -0.2) is 45.5 Å². The number of amides is 1. The third kappa shape index (κ3) is 2.96. The van der Waals surface area contributed by atoms with Crippen LogP contribution in [0.5, 0.6) is 0 Å². The molecule has 6 heteroatoms. The van der Waals surface area contributed by atoms with E-state index >= 15 is 0 Å². The van der Waals surface area contributed by atoms with E-state index < -0.39 is 0 Å². The molecule has 2 fully saturated rings. The summed E-state index contributed by atoms with van der Waals surface area (Å²) in [5, 5.41) is 0. The number of furan rings is 1. The molecule has 2 aliphatic heterocycles. The largest absolute Gasteiger partial charge is 0.459 e. The maximum Gasteiger partial charge on any atom is 0.289 e. The molecule has 0 saturated carbocycles. The lowest BCUT2D eigenvalue weighted by Gasteiger charge is -2.47. The minimum atomic E-state index is 0.00320. The quantitative estimate of drug-likeness (QED) is 0.854. The predicted molar refractivity (Wildman–Crippen MR) is 92.0 cm³/mol. The summed E-state index contributed by atoms with van der Waals surface area (Å²) in [6.07, 6.45) is 6.43. The van der Waals surface area contributed by atoms with Crippen molar-refractivity contribution in [3.05, 3.63) is 53.7 Å². The van der Waals surface area contributed by atoms with E-state index in [4.69, 9.17) is 9.15 Å². The molecule has 0 radical (unpaired) electrons. The molecule has 2 aromatic heterocycles. The summed E-state index contributed by atoms with van der Waals surface area (Å²) < 4.78 is 11.5. The van der Waals surface area contributed by atoms with Crippen molar-refractivity contribution >= 4 is 17.7 Å². The first-order valence-electron chi connectivity index (χ1n) is 8.13. The van der Waals surface area contributed by atoms with E-state index in [-0.39, 0.29) is 16.8 Å². The molecule has 4 rings (SSSR count). The number of ether oxygens (including phenoxy) is 1. The lowest BCUT2D eigenvalue weighted by molar-refractivity contribution is 0.0242. The van der Waals surface area contributed by atoms with Crippen LogP contribution in [-0.2, 0) is 11.3 Å². The summed E-state index contributed by atoms with van der Waals surface area (Å²) >= 11 is 1.93. The summed E-state index contributed by atoms with van der Waals surface area (Å²) in [6, 6.07) is 5.78. The molecule has 2 aromatic rings. The van der Waals surface area contributed by atoms with Crippen LogP contribution in [0.25, 0.3) is 0 Å². The molecule has 5 nitrogen and oxygen atoms in total.